The lowest BCUT2D eigenvalue weighted by molar-refractivity contribution is -0.385. The molecule has 3 heterocycles. The quantitative estimate of drug-likeness (QED) is 0.604. The number of rotatable bonds is 2. The van der Waals surface area contributed by atoms with E-state index in [2.05, 4.69) is 14.9 Å². The standard InChI is InChI=1S/C10H10N4O3S/c15-14(16)7-5-8-9(11-6-7)12-10(18-8)13-1-3-17-4-2-13/h5-6H,1-4H2. The van der Waals surface area contributed by atoms with Crippen molar-refractivity contribution in [3.63, 3.8) is 0 Å². The van der Waals surface area contributed by atoms with Crippen molar-refractivity contribution in [2.24, 2.45) is 0 Å². The molecule has 0 spiro atoms. The number of anilines is 1. The van der Waals surface area contributed by atoms with Crippen LogP contribution in [0.4, 0.5) is 10.8 Å². The largest absolute Gasteiger partial charge is 0.378 e. The highest BCUT2D eigenvalue weighted by atomic mass is 32.1. The maximum atomic E-state index is 10.7. The number of hydrogen-bond donors (Lipinski definition) is 0. The van der Waals surface area contributed by atoms with Crippen molar-refractivity contribution < 1.29 is 9.66 Å². The smallest absolute Gasteiger partial charge is 0.289 e. The summed E-state index contributed by atoms with van der Waals surface area (Å²) in [5.41, 5.74) is 0.562. The van der Waals surface area contributed by atoms with Gasteiger partial charge < -0.3 is 9.64 Å². The minimum Gasteiger partial charge on any atom is -0.378 e. The van der Waals surface area contributed by atoms with Gasteiger partial charge in [0.1, 0.15) is 6.20 Å². The van der Waals surface area contributed by atoms with Crippen LogP contribution in [0, 0.1) is 10.1 Å². The number of thiazole rings is 1. The Kier molecular flexibility index (Phi) is 2.80. The number of ether oxygens (including phenoxy) is 1. The SMILES string of the molecule is O=[N+]([O-])c1cnc2nc(N3CCOCC3)sc2c1. The van der Waals surface area contributed by atoms with Crippen molar-refractivity contribution in [1.82, 2.24) is 9.97 Å². The third-order valence-corrected chi connectivity index (χ3v) is 3.77. The van der Waals surface area contributed by atoms with Gasteiger partial charge >= 0.3 is 0 Å². The van der Waals surface area contributed by atoms with Gasteiger partial charge in [0.25, 0.3) is 5.69 Å². The van der Waals surface area contributed by atoms with Crippen LogP contribution < -0.4 is 4.90 Å². The summed E-state index contributed by atoms with van der Waals surface area (Å²) in [5.74, 6) is 0. The van der Waals surface area contributed by atoms with Crippen LogP contribution in [-0.2, 0) is 4.74 Å². The summed E-state index contributed by atoms with van der Waals surface area (Å²) < 4.78 is 6.02. The first kappa shape index (κ1) is 11.3. The van der Waals surface area contributed by atoms with Crippen molar-refractivity contribution in [2.75, 3.05) is 31.2 Å². The average molecular weight is 266 g/mol. The van der Waals surface area contributed by atoms with E-state index in [-0.39, 0.29) is 5.69 Å². The number of fused-ring (bicyclic) bond motifs is 1. The Morgan fingerprint density at radius 2 is 2.22 bits per heavy atom. The van der Waals surface area contributed by atoms with Crippen molar-refractivity contribution in [1.29, 1.82) is 0 Å². The van der Waals surface area contributed by atoms with E-state index in [1.54, 1.807) is 0 Å². The second kappa shape index (κ2) is 4.46. The van der Waals surface area contributed by atoms with Gasteiger partial charge in [0.15, 0.2) is 10.8 Å². The van der Waals surface area contributed by atoms with Crippen LogP contribution in [0.15, 0.2) is 12.3 Å². The Bertz CT molecular complexity index is 594. The lowest BCUT2D eigenvalue weighted by Crippen LogP contribution is -2.36. The maximum Gasteiger partial charge on any atom is 0.289 e. The first-order chi connectivity index (χ1) is 8.74. The lowest BCUT2D eigenvalue weighted by atomic mass is 10.4. The third-order valence-electron chi connectivity index (χ3n) is 2.71. The summed E-state index contributed by atoms with van der Waals surface area (Å²) >= 11 is 1.43. The molecule has 0 amide bonds. The van der Waals surface area contributed by atoms with Crippen LogP contribution >= 0.6 is 11.3 Å². The predicted octanol–water partition coefficient (Wildman–Crippen LogP) is 1.44. The molecule has 3 rings (SSSR count). The van der Waals surface area contributed by atoms with E-state index in [0.29, 0.717) is 18.9 Å². The number of hydrogen-bond acceptors (Lipinski definition) is 7. The molecule has 8 heteroatoms. The second-order valence-corrected chi connectivity index (χ2v) is 4.88. The Labute approximate surface area is 106 Å². The highest BCUT2D eigenvalue weighted by Crippen LogP contribution is 2.30. The average Bonchev–Trinajstić information content (AvgIpc) is 2.82. The third kappa shape index (κ3) is 2.00. The van der Waals surface area contributed by atoms with Gasteiger partial charge in [0.2, 0.25) is 0 Å². The van der Waals surface area contributed by atoms with E-state index in [4.69, 9.17) is 4.74 Å². The summed E-state index contributed by atoms with van der Waals surface area (Å²) in [6, 6.07) is 1.52. The Morgan fingerprint density at radius 3 is 2.94 bits per heavy atom. The summed E-state index contributed by atoms with van der Waals surface area (Å²) in [7, 11) is 0. The van der Waals surface area contributed by atoms with E-state index in [0.717, 1.165) is 22.9 Å². The van der Waals surface area contributed by atoms with E-state index >= 15 is 0 Å². The van der Waals surface area contributed by atoms with E-state index < -0.39 is 4.92 Å². The van der Waals surface area contributed by atoms with Gasteiger partial charge in [-0.25, -0.2) is 4.98 Å². The van der Waals surface area contributed by atoms with Crippen molar-refractivity contribution in [2.45, 2.75) is 0 Å². The Morgan fingerprint density at radius 1 is 1.44 bits per heavy atom. The van der Waals surface area contributed by atoms with Crippen molar-refractivity contribution in [3.8, 4) is 0 Å². The van der Waals surface area contributed by atoms with Crippen molar-refractivity contribution in [3.05, 3.63) is 22.4 Å². The molecule has 18 heavy (non-hydrogen) atoms. The first-order valence-electron chi connectivity index (χ1n) is 5.48. The zero-order chi connectivity index (χ0) is 12.5. The molecule has 0 radical (unpaired) electrons. The van der Waals surface area contributed by atoms with Gasteiger partial charge in [0.05, 0.1) is 22.8 Å². The molecule has 0 aliphatic carbocycles. The fourth-order valence-electron chi connectivity index (χ4n) is 1.79. The number of nitro groups is 1. The molecule has 1 fully saturated rings. The molecule has 0 aromatic carbocycles. The van der Waals surface area contributed by atoms with Gasteiger partial charge in [-0.15, -0.1) is 0 Å². The molecule has 0 bridgehead atoms. The topological polar surface area (TPSA) is 81.4 Å². The fourth-order valence-corrected chi connectivity index (χ4v) is 2.80. The molecule has 7 nitrogen and oxygen atoms in total. The molecule has 2 aromatic heterocycles. The molecule has 1 saturated heterocycles. The number of pyridine rings is 1. The normalized spacial score (nSPS) is 16.1. The molecule has 0 atom stereocenters. The molecule has 1 aliphatic rings. The van der Waals surface area contributed by atoms with Gasteiger partial charge in [-0.05, 0) is 0 Å². The van der Waals surface area contributed by atoms with Crippen LogP contribution in [0.3, 0.4) is 0 Å². The molecule has 0 N–H and O–H groups in total. The minimum atomic E-state index is -0.444. The summed E-state index contributed by atoms with van der Waals surface area (Å²) in [4.78, 5) is 20.8. The zero-order valence-electron chi connectivity index (χ0n) is 9.40. The Balaban J connectivity index is 1.97. The van der Waals surface area contributed by atoms with Crippen LogP contribution in [0.1, 0.15) is 0 Å². The van der Waals surface area contributed by atoms with Crippen LogP contribution in [0.5, 0.6) is 0 Å². The van der Waals surface area contributed by atoms with E-state index in [1.807, 2.05) is 0 Å². The monoisotopic (exact) mass is 266 g/mol. The van der Waals surface area contributed by atoms with Gasteiger partial charge in [0, 0.05) is 19.2 Å². The highest BCUT2D eigenvalue weighted by molar-refractivity contribution is 7.22. The van der Waals surface area contributed by atoms with Gasteiger partial charge in [-0.1, -0.05) is 11.3 Å². The van der Waals surface area contributed by atoms with Crippen molar-refractivity contribution >= 4 is 32.5 Å². The number of morpholine rings is 1. The molecule has 2 aromatic rings. The highest BCUT2D eigenvalue weighted by Gasteiger charge is 2.17. The molecule has 1 aliphatic heterocycles. The number of aromatic nitrogens is 2. The van der Waals surface area contributed by atoms with E-state index in [9.17, 15) is 10.1 Å². The van der Waals surface area contributed by atoms with Gasteiger partial charge in [-0.2, -0.15) is 4.98 Å². The van der Waals surface area contributed by atoms with Crippen LogP contribution in [-0.4, -0.2) is 41.2 Å². The molecule has 0 unspecified atom stereocenters. The minimum absolute atomic E-state index is 0.000299. The maximum absolute atomic E-state index is 10.7. The van der Waals surface area contributed by atoms with Crippen LogP contribution in [0.25, 0.3) is 10.3 Å². The molecular formula is C10H10N4O3S. The molecular weight excluding hydrogens is 256 g/mol. The summed E-state index contributed by atoms with van der Waals surface area (Å²) in [5, 5.41) is 11.5. The summed E-state index contributed by atoms with van der Waals surface area (Å²) in [6.45, 7) is 2.96. The van der Waals surface area contributed by atoms with E-state index in [1.165, 1.54) is 23.6 Å². The van der Waals surface area contributed by atoms with Crippen LogP contribution in [0.2, 0.25) is 0 Å². The predicted molar refractivity (Wildman–Crippen MR) is 67.1 cm³/mol. The molecule has 94 valence electrons. The second-order valence-electron chi connectivity index (χ2n) is 3.87. The number of nitrogens with zero attached hydrogens (tertiary/aromatic N) is 4. The Hall–Kier alpha value is -1.80. The molecule has 0 saturated carbocycles. The van der Waals surface area contributed by atoms with Gasteiger partial charge in [-0.3, -0.25) is 10.1 Å². The first-order valence-corrected chi connectivity index (χ1v) is 6.29. The lowest BCUT2D eigenvalue weighted by Gasteiger charge is -2.25. The fraction of sp³-hybridized carbons (Fsp3) is 0.400. The zero-order valence-corrected chi connectivity index (χ0v) is 10.2. The summed E-state index contributed by atoms with van der Waals surface area (Å²) in [6.07, 6.45) is 1.24.